The molecule has 0 radical (unpaired) electrons. The van der Waals surface area contributed by atoms with E-state index in [0.29, 0.717) is 0 Å². The topological polar surface area (TPSA) is 17.1 Å². The molecule has 0 spiro atoms. The van der Waals surface area contributed by atoms with Gasteiger partial charge >= 0.3 is 0 Å². The molecule has 1 aliphatic carbocycles. The average Bonchev–Trinajstić information content (AvgIpc) is 2.18. The summed E-state index contributed by atoms with van der Waals surface area (Å²) in [6.45, 7) is 0. The van der Waals surface area contributed by atoms with E-state index in [-0.39, 0.29) is 0 Å². The van der Waals surface area contributed by atoms with Crippen LogP contribution in [-0.2, 0) is 12.8 Å². The third kappa shape index (κ3) is 1.68. The summed E-state index contributed by atoms with van der Waals surface area (Å²) in [6, 6.07) is 3.93. The van der Waals surface area contributed by atoms with Gasteiger partial charge in [0.25, 0.3) is 0 Å². The maximum absolute atomic E-state index is 10.6. The Balaban J connectivity index is 2.52. The van der Waals surface area contributed by atoms with Crippen LogP contribution in [0.4, 0.5) is 0 Å². The van der Waals surface area contributed by atoms with E-state index in [0.717, 1.165) is 29.2 Å². The third-order valence-electron chi connectivity index (χ3n) is 2.57. The molecule has 2 rings (SSSR count). The van der Waals surface area contributed by atoms with Crippen LogP contribution in [-0.4, -0.2) is 6.29 Å². The first-order valence-electron chi connectivity index (χ1n) is 4.58. The molecule has 0 aromatic heterocycles. The first kappa shape index (κ1) is 8.95. The van der Waals surface area contributed by atoms with E-state index in [1.807, 2.05) is 12.1 Å². The SMILES string of the molecule is O=Cc1cc(Br)c2c(c1)CCCC2. The average molecular weight is 239 g/mol. The standard InChI is InChI=1S/C11H11BrO/c12-11-6-8(7-13)5-9-3-1-2-4-10(9)11/h5-7H,1-4H2. The highest BCUT2D eigenvalue weighted by Crippen LogP contribution is 2.29. The van der Waals surface area contributed by atoms with Crippen LogP contribution in [0.3, 0.4) is 0 Å². The second-order valence-electron chi connectivity index (χ2n) is 3.47. The van der Waals surface area contributed by atoms with Crippen LogP contribution in [0.25, 0.3) is 0 Å². The fourth-order valence-electron chi connectivity index (χ4n) is 1.91. The molecule has 1 nitrogen and oxygen atoms in total. The minimum Gasteiger partial charge on any atom is -0.298 e. The Labute approximate surface area is 86.3 Å². The first-order valence-corrected chi connectivity index (χ1v) is 5.37. The molecule has 0 saturated heterocycles. The molecule has 13 heavy (non-hydrogen) atoms. The number of carbonyl (C=O) groups excluding carboxylic acids is 1. The summed E-state index contributed by atoms with van der Waals surface area (Å²) in [4.78, 5) is 10.6. The van der Waals surface area contributed by atoms with Crippen LogP contribution in [0.15, 0.2) is 16.6 Å². The molecule has 2 heteroatoms. The minimum atomic E-state index is 0.785. The van der Waals surface area contributed by atoms with Crippen molar-refractivity contribution >= 4 is 22.2 Å². The zero-order valence-electron chi connectivity index (χ0n) is 7.35. The lowest BCUT2D eigenvalue weighted by atomic mass is 9.90. The van der Waals surface area contributed by atoms with Gasteiger partial charge in [-0.05, 0) is 48.9 Å². The number of halogens is 1. The lowest BCUT2D eigenvalue weighted by Gasteiger charge is -2.17. The maximum Gasteiger partial charge on any atom is 0.150 e. The monoisotopic (exact) mass is 238 g/mol. The fraction of sp³-hybridized carbons (Fsp3) is 0.364. The van der Waals surface area contributed by atoms with Gasteiger partial charge in [0.15, 0.2) is 0 Å². The second kappa shape index (κ2) is 3.62. The highest BCUT2D eigenvalue weighted by atomic mass is 79.9. The van der Waals surface area contributed by atoms with E-state index in [1.54, 1.807) is 0 Å². The van der Waals surface area contributed by atoms with Gasteiger partial charge in [0.1, 0.15) is 6.29 Å². The van der Waals surface area contributed by atoms with Crippen molar-refractivity contribution in [3.05, 3.63) is 33.3 Å². The van der Waals surface area contributed by atoms with E-state index in [4.69, 9.17) is 0 Å². The van der Waals surface area contributed by atoms with Crippen molar-refractivity contribution < 1.29 is 4.79 Å². The Kier molecular flexibility index (Phi) is 2.49. The second-order valence-corrected chi connectivity index (χ2v) is 4.32. The van der Waals surface area contributed by atoms with Gasteiger partial charge in [-0.15, -0.1) is 0 Å². The molecule has 0 atom stereocenters. The maximum atomic E-state index is 10.6. The zero-order valence-corrected chi connectivity index (χ0v) is 8.93. The summed E-state index contributed by atoms with van der Waals surface area (Å²) in [5.74, 6) is 0. The number of aldehydes is 1. The van der Waals surface area contributed by atoms with E-state index in [9.17, 15) is 4.79 Å². The smallest absolute Gasteiger partial charge is 0.150 e. The van der Waals surface area contributed by atoms with E-state index >= 15 is 0 Å². The van der Waals surface area contributed by atoms with Gasteiger partial charge < -0.3 is 0 Å². The lowest BCUT2D eigenvalue weighted by molar-refractivity contribution is 0.112. The number of hydrogen-bond donors (Lipinski definition) is 0. The predicted octanol–water partition coefficient (Wildman–Crippen LogP) is 3.14. The Morgan fingerprint density at radius 3 is 2.77 bits per heavy atom. The number of carbonyl (C=O) groups is 1. The summed E-state index contributed by atoms with van der Waals surface area (Å²) >= 11 is 3.51. The normalized spacial score (nSPS) is 15.2. The number of hydrogen-bond acceptors (Lipinski definition) is 1. The van der Waals surface area contributed by atoms with Gasteiger partial charge in [-0.1, -0.05) is 15.9 Å². The van der Waals surface area contributed by atoms with Gasteiger partial charge in [0.2, 0.25) is 0 Å². The zero-order chi connectivity index (χ0) is 9.26. The van der Waals surface area contributed by atoms with Crippen LogP contribution >= 0.6 is 15.9 Å². The van der Waals surface area contributed by atoms with Crippen LogP contribution in [0, 0.1) is 0 Å². The molecule has 0 unspecified atom stereocenters. The largest absolute Gasteiger partial charge is 0.298 e. The van der Waals surface area contributed by atoms with E-state index in [2.05, 4.69) is 15.9 Å². The quantitative estimate of drug-likeness (QED) is 0.688. The lowest BCUT2D eigenvalue weighted by Crippen LogP contribution is -2.04. The molecule has 0 saturated carbocycles. The molecule has 0 fully saturated rings. The molecule has 68 valence electrons. The van der Waals surface area contributed by atoms with Gasteiger partial charge in [-0.3, -0.25) is 4.79 Å². The number of rotatable bonds is 1. The summed E-state index contributed by atoms with van der Waals surface area (Å²) in [7, 11) is 0. The minimum absolute atomic E-state index is 0.785. The van der Waals surface area contributed by atoms with E-state index in [1.165, 1.54) is 24.0 Å². The van der Waals surface area contributed by atoms with Crippen LogP contribution in [0.1, 0.15) is 34.3 Å². The van der Waals surface area contributed by atoms with Crippen molar-refractivity contribution in [2.75, 3.05) is 0 Å². The van der Waals surface area contributed by atoms with Crippen LogP contribution < -0.4 is 0 Å². The van der Waals surface area contributed by atoms with Crippen molar-refractivity contribution in [3.63, 3.8) is 0 Å². The van der Waals surface area contributed by atoms with Crippen molar-refractivity contribution in [1.29, 1.82) is 0 Å². The summed E-state index contributed by atoms with van der Waals surface area (Å²) in [6.07, 6.45) is 5.71. The highest BCUT2D eigenvalue weighted by Gasteiger charge is 2.12. The summed E-state index contributed by atoms with van der Waals surface area (Å²) < 4.78 is 1.10. The van der Waals surface area contributed by atoms with Crippen molar-refractivity contribution in [1.82, 2.24) is 0 Å². The first-order chi connectivity index (χ1) is 6.31. The molecular formula is C11H11BrO. The summed E-state index contributed by atoms with van der Waals surface area (Å²) in [5.41, 5.74) is 3.53. The molecular weight excluding hydrogens is 228 g/mol. The molecule has 1 aromatic rings. The Morgan fingerprint density at radius 2 is 2.00 bits per heavy atom. The molecule has 0 amide bonds. The molecule has 1 aliphatic rings. The molecule has 0 bridgehead atoms. The predicted molar refractivity (Wildman–Crippen MR) is 56.2 cm³/mol. The summed E-state index contributed by atoms with van der Waals surface area (Å²) in [5, 5.41) is 0. The number of aryl methyl sites for hydroxylation is 1. The molecule has 0 heterocycles. The number of benzene rings is 1. The highest BCUT2D eigenvalue weighted by molar-refractivity contribution is 9.10. The Morgan fingerprint density at radius 1 is 1.23 bits per heavy atom. The van der Waals surface area contributed by atoms with Crippen molar-refractivity contribution in [2.45, 2.75) is 25.7 Å². The van der Waals surface area contributed by atoms with Gasteiger partial charge in [0, 0.05) is 10.0 Å². The van der Waals surface area contributed by atoms with Crippen LogP contribution in [0.5, 0.6) is 0 Å². The molecule has 1 aromatic carbocycles. The van der Waals surface area contributed by atoms with Crippen molar-refractivity contribution in [3.8, 4) is 0 Å². The third-order valence-corrected chi connectivity index (χ3v) is 3.28. The fourth-order valence-corrected chi connectivity index (χ4v) is 2.62. The molecule has 0 N–H and O–H groups in total. The van der Waals surface area contributed by atoms with Crippen LogP contribution in [0.2, 0.25) is 0 Å². The van der Waals surface area contributed by atoms with Crippen molar-refractivity contribution in [2.24, 2.45) is 0 Å². The van der Waals surface area contributed by atoms with Gasteiger partial charge in [-0.2, -0.15) is 0 Å². The molecule has 0 aliphatic heterocycles. The number of fused-ring (bicyclic) bond motifs is 1. The Hall–Kier alpha value is -0.630. The Bertz CT molecular complexity index is 344. The van der Waals surface area contributed by atoms with E-state index < -0.39 is 0 Å². The van der Waals surface area contributed by atoms with Gasteiger partial charge in [-0.25, -0.2) is 0 Å². The van der Waals surface area contributed by atoms with Gasteiger partial charge in [0.05, 0.1) is 0 Å².